The van der Waals surface area contributed by atoms with E-state index in [9.17, 15) is 4.79 Å². The van der Waals surface area contributed by atoms with Crippen molar-refractivity contribution in [1.82, 2.24) is 4.98 Å². The van der Waals surface area contributed by atoms with Gasteiger partial charge in [0.05, 0.1) is 30.2 Å². The summed E-state index contributed by atoms with van der Waals surface area (Å²) in [5, 5.41) is 2.84. The molecule has 6 nitrogen and oxygen atoms in total. The molecule has 2 heterocycles. The van der Waals surface area contributed by atoms with Crippen LogP contribution in [0.4, 0.5) is 11.5 Å². The first-order chi connectivity index (χ1) is 11.6. The summed E-state index contributed by atoms with van der Waals surface area (Å²) >= 11 is 0. The lowest BCUT2D eigenvalue weighted by Crippen LogP contribution is -2.45. The van der Waals surface area contributed by atoms with Gasteiger partial charge < -0.3 is 19.7 Å². The van der Waals surface area contributed by atoms with E-state index in [1.165, 1.54) is 12.8 Å². The molecule has 1 aliphatic carbocycles. The Bertz CT molecular complexity index is 533. The summed E-state index contributed by atoms with van der Waals surface area (Å²) in [7, 11) is 0. The summed E-state index contributed by atoms with van der Waals surface area (Å²) in [6, 6.07) is 3.83. The minimum absolute atomic E-state index is 0.116. The molecular weight excluding hydrogens is 306 g/mol. The summed E-state index contributed by atoms with van der Waals surface area (Å²) in [5.74, 6) is 0.794. The summed E-state index contributed by atoms with van der Waals surface area (Å²) in [5.41, 5.74) is 0.702. The molecule has 1 aliphatic heterocycles. The van der Waals surface area contributed by atoms with Gasteiger partial charge in [-0.25, -0.2) is 4.98 Å². The average Bonchev–Trinajstić information content (AvgIpc) is 3.06. The van der Waals surface area contributed by atoms with Crippen molar-refractivity contribution in [2.75, 3.05) is 29.9 Å². The maximum atomic E-state index is 12.0. The molecule has 2 unspecified atom stereocenters. The Labute approximate surface area is 143 Å². The minimum atomic E-state index is -0.120. The first kappa shape index (κ1) is 17.2. The fraction of sp³-hybridized carbons (Fsp3) is 0.667. The molecule has 0 radical (unpaired) electrons. The van der Waals surface area contributed by atoms with Crippen LogP contribution in [0.1, 0.15) is 39.5 Å². The molecule has 1 saturated carbocycles. The highest BCUT2D eigenvalue weighted by Crippen LogP contribution is 2.21. The summed E-state index contributed by atoms with van der Waals surface area (Å²) in [6.45, 7) is 5.92. The first-order valence-electron chi connectivity index (χ1n) is 8.88. The zero-order chi connectivity index (χ0) is 16.9. The van der Waals surface area contributed by atoms with Gasteiger partial charge in [-0.1, -0.05) is 12.8 Å². The number of carbonyl (C=O) groups excluding carboxylic acids is 1. The normalized spacial score (nSPS) is 25.0. The van der Waals surface area contributed by atoms with Crippen LogP contribution >= 0.6 is 0 Å². The standard InChI is InChI=1S/C18H27N3O3/c1-13-10-21(11-14(2)24-13)17-8-7-15(9-19-17)20-18(22)12-23-16-5-3-4-6-16/h7-9,13-14,16H,3-6,10-12H2,1-2H3,(H,20,22). The molecule has 24 heavy (non-hydrogen) atoms. The van der Waals surface area contributed by atoms with Crippen LogP contribution in [0.3, 0.4) is 0 Å². The van der Waals surface area contributed by atoms with Crippen molar-refractivity contribution in [1.29, 1.82) is 0 Å². The van der Waals surface area contributed by atoms with Gasteiger partial charge in [-0.05, 0) is 38.8 Å². The highest BCUT2D eigenvalue weighted by Gasteiger charge is 2.23. The van der Waals surface area contributed by atoms with Crippen LogP contribution in [0.2, 0.25) is 0 Å². The maximum absolute atomic E-state index is 12.0. The van der Waals surface area contributed by atoms with E-state index in [1.54, 1.807) is 6.20 Å². The van der Waals surface area contributed by atoms with Crippen LogP contribution in [-0.2, 0) is 14.3 Å². The Morgan fingerprint density at radius 2 is 2.00 bits per heavy atom. The molecule has 2 atom stereocenters. The van der Waals surface area contributed by atoms with Gasteiger partial charge in [-0.15, -0.1) is 0 Å². The van der Waals surface area contributed by atoms with Gasteiger partial charge >= 0.3 is 0 Å². The van der Waals surface area contributed by atoms with Crippen LogP contribution in [-0.4, -0.2) is 48.9 Å². The van der Waals surface area contributed by atoms with Crippen molar-refractivity contribution in [3.8, 4) is 0 Å². The van der Waals surface area contributed by atoms with E-state index >= 15 is 0 Å². The third-order valence-electron chi connectivity index (χ3n) is 4.53. The first-order valence-corrected chi connectivity index (χ1v) is 8.88. The lowest BCUT2D eigenvalue weighted by molar-refractivity contribution is -0.122. The fourth-order valence-corrected chi connectivity index (χ4v) is 3.46. The number of anilines is 2. The number of nitrogens with zero attached hydrogens (tertiary/aromatic N) is 2. The highest BCUT2D eigenvalue weighted by atomic mass is 16.5. The maximum Gasteiger partial charge on any atom is 0.250 e. The van der Waals surface area contributed by atoms with Crippen LogP contribution in [0.5, 0.6) is 0 Å². The minimum Gasteiger partial charge on any atom is -0.372 e. The van der Waals surface area contributed by atoms with Crippen molar-refractivity contribution in [2.24, 2.45) is 0 Å². The molecule has 1 saturated heterocycles. The zero-order valence-electron chi connectivity index (χ0n) is 14.5. The molecule has 1 amide bonds. The predicted molar refractivity (Wildman–Crippen MR) is 93.3 cm³/mol. The number of pyridine rings is 1. The Kier molecular flexibility index (Phi) is 5.68. The van der Waals surface area contributed by atoms with Crippen LogP contribution < -0.4 is 10.2 Å². The molecule has 0 spiro atoms. The average molecular weight is 333 g/mol. The van der Waals surface area contributed by atoms with Gasteiger partial charge in [0.15, 0.2) is 0 Å². The number of morpholine rings is 1. The molecule has 6 heteroatoms. The Balaban J connectivity index is 1.49. The van der Waals surface area contributed by atoms with E-state index in [4.69, 9.17) is 9.47 Å². The lowest BCUT2D eigenvalue weighted by Gasteiger charge is -2.36. The molecule has 2 aliphatic rings. The molecule has 1 N–H and O–H groups in total. The second-order valence-electron chi connectivity index (χ2n) is 6.83. The topological polar surface area (TPSA) is 63.7 Å². The van der Waals surface area contributed by atoms with E-state index < -0.39 is 0 Å². The molecule has 0 aromatic carbocycles. The number of rotatable bonds is 5. The fourth-order valence-electron chi connectivity index (χ4n) is 3.46. The monoisotopic (exact) mass is 333 g/mol. The van der Waals surface area contributed by atoms with Crippen LogP contribution in [0.25, 0.3) is 0 Å². The molecule has 1 aromatic heterocycles. The van der Waals surface area contributed by atoms with Crippen molar-refractivity contribution < 1.29 is 14.3 Å². The third-order valence-corrected chi connectivity index (χ3v) is 4.53. The van der Waals surface area contributed by atoms with Crippen molar-refractivity contribution in [3.63, 3.8) is 0 Å². The molecule has 0 bridgehead atoms. The number of amides is 1. The largest absolute Gasteiger partial charge is 0.372 e. The van der Waals surface area contributed by atoms with Gasteiger partial charge in [0.1, 0.15) is 12.4 Å². The SMILES string of the molecule is CC1CN(c2ccc(NC(=O)COC3CCCC3)cn2)CC(C)O1. The van der Waals surface area contributed by atoms with E-state index in [0.717, 1.165) is 31.7 Å². The second-order valence-corrected chi connectivity index (χ2v) is 6.83. The highest BCUT2D eigenvalue weighted by molar-refractivity contribution is 5.91. The number of carbonyl (C=O) groups is 1. The van der Waals surface area contributed by atoms with Crippen LogP contribution in [0.15, 0.2) is 18.3 Å². The number of hydrogen-bond donors (Lipinski definition) is 1. The molecule has 3 rings (SSSR count). The molecule has 1 aromatic rings. The summed E-state index contributed by atoms with van der Waals surface area (Å²) in [6.07, 6.45) is 6.90. The third kappa shape index (κ3) is 4.68. The Morgan fingerprint density at radius 3 is 2.62 bits per heavy atom. The van der Waals surface area contributed by atoms with E-state index in [1.807, 2.05) is 12.1 Å². The van der Waals surface area contributed by atoms with Gasteiger partial charge in [0, 0.05) is 13.1 Å². The van der Waals surface area contributed by atoms with E-state index in [-0.39, 0.29) is 30.8 Å². The van der Waals surface area contributed by atoms with E-state index in [2.05, 4.69) is 29.0 Å². The van der Waals surface area contributed by atoms with Crippen LogP contribution in [0, 0.1) is 0 Å². The number of ether oxygens (including phenoxy) is 2. The zero-order valence-corrected chi connectivity index (χ0v) is 14.5. The molecular formula is C18H27N3O3. The molecule has 132 valence electrons. The van der Waals surface area contributed by atoms with E-state index in [0.29, 0.717) is 5.69 Å². The van der Waals surface area contributed by atoms with Gasteiger partial charge in [-0.2, -0.15) is 0 Å². The molecule has 2 fully saturated rings. The Morgan fingerprint density at radius 1 is 1.29 bits per heavy atom. The smallest absolute Gasteiger partial charge is 0.250 e. The van der Waals surface area contributed by atoms with Gasteiger partial charge in [0.25, 0.3) is 0 Å². The summed E-state index contributed by atoms with van der Waals surface area (Å²) in [4.78, 5) is 18.6. The van der Waals surface area contributed by atoms with Crippen molar-refractivity contribution >= 4 is 17.4 Å². The lowest BCUT2D eigenvalue weighted by atomic mass is 10.2. The van der Waals surface area contributed by atoms with Gasteiger partial charge in [-0.3, -0.25) is 4.79 Å². The number of aromatic nitrogens is 1. The number of hydrogen-bond acceptors (Lipinski definition) is 5. The predicted octanol–water partition coefficient (Wildman–Crippen LogP) is 2.59. The Hall–Kier alpha value is -1.66. The van der Waals surface area contributed by atoms with Crippen molar-refractivity contribution in [3.05, 3.63) is 18.3 Å². The summed E-state index contributed by atoms with van der Waals surface area (Å²) < 4.78 is 11.4. The second kappa shape index (κ2) is 7.94. The van der Waals surface area contributed by atoms with Crippen molar-refractivity contribution in [2.45, 2.75) is 57.8 Å². The number of nitrogens with one attached hydrogen (secondary N) is 1. The quantitative estimate of drug-likeness (QED) is 0.897. The van der Waals surface area contributed by atoms with Gasteiger partial charge in [0.2, 0.25) is 5.91 Å².